The van der Waals surface area contributed by atoms with Crippen LogP contribution in [0.15, 0.2) is 0 Å². The van der Waals surface area contributed by atoms with Gasteiger partial charge in [-0.1, -0.05) is 0 Å². The average molecular weight is 94.5 g/mol. The Kier molecular flexibility index (Phi) is 3.86. The molecule has 0 atom stereocenters. The van der Waals surface area contributed by atoms with E-state index in [0.29, 0.717) is 5.88 Å². The summed E-state index contributed by atoms with van der Waals surface area (Å²) in [5.74, 6) is 2.28. The third kappa shape index (κ3) is 2.46. The fourth-order valence-corrected chi connectivity index (χ4v) is 0. The highest BCUT2D eigenvalue weighted by Crippen LogP contribution is 1.64. The lowest BCUT2D eigenvalue weighted by Gasteiger charge is -1.54. The zero-order valence-electron chi connectivity index (χ0n) is 2.16. The van der Waals surface area contributed by atoms with Crippen LogP contribution in [0.3, 0.4) is 0 Å². The highest BCUT2D eigenvalue weighted by molar-refractivity contribution is 7.18. The van der Waals surface area contributed by atoms with Gasteiger partial charge in [-0.25, -0.2) is 0 Å². The summed E-state index contributed by atoms with van der Waals surface area (Å²) in [4.78, 5) is 0. The van der Waals surface area contributed by atoms with E-state index in [4.69, 9.17) is 11.6 Å². The van der Waals surface area contributed by atoms with Crippen LogP contribution < -0.4 is 0 Å². The summed E-state index contributed by atoms with van der Waals surface area (Å²) >= 11 is 5.08. The molecule has 0 aromatic carbocycles. The van der Waals surface area contributed by atoms with E-state index in [-0.39, 0.29) is 0 Å². The van der Waals surface area contributed by atoms with Crippen molar-refractivity contribution < 1.29 is 0 Å². The van der Waals surface area contributed by atoms with Crippen LogP contribution in [0.5, 0.6) is 0 Å². The van der Waals surface area contributed by atoms with E-state index < -0.39 is 0 Å². The van der Waals surface area contributed by atoms with Crippen molar-refractivity contribution in [1.82, 2.24) is 0 Å². The lowest BCUT2D eigenvalue weighted by molar-refractivity contribution is 2.13. The Labute approximate surface area is 33.0 Å². The van der Waals surface area contributed by atoms with Crippen LogP contribution in [0.1, 0.15) is 0 Å². The van der Waals surface area contributed by atoms with Crippen LogP contribution >= 0.6 is 20.5 Å². The summed E-state index contributed by atoms with van der Waals surface area (Å²) in [6.45, 7) is 0. The second-order valence-corrected chi connectivity index (χ2v) is 1.08. The molecule has 0 N–H and O–H groups in total. The third-order valence-electron chi connectivity index (χ3n) is 0.0772. The van der Waals surface area contributed by atoms with E-state index in [1.807, 2.05) is 0 Å². The molecule has 0 unspecified atom stereocenters. The van der Waals surface area contributed by atoms with Crippen molar-refractivity contribution in [2.45, 2.75) is 0 Å². The minimum atomic E-state index is 0.580. The van der Waals surface area contributed by atoms with Gasteiger partial charge in [-0.2, -0.15) is 0 Å². The summed E-state index contributed by atoms with van der Waals surface area (Å²) in [6.07, 6.45) is 0. The number of halogens is 1. The molecular formula is C2H4ClP. The molecule has 0 radical (unpaired) electrons. The van der Waals surface area contributed by atoms with E-state index in [9.17, 15) is 0 Å². The molecule has 2 heteroatoms. The lowest BCUT2D eigenvalue weighted by atomic mass is 11.0. The minimum absolute atomic E-state index is 0.580. The van der Waals surface area contributed by atoms with Crippen molar-refractivity contribution in [2.24, 2.45) is 0 Å². The maximum Gasteiger partial charge on any atom is 0.0443 e. The lowest BCUT2D eigenvalue weighted by Crippen LogP contribution is -1.57. The van der Waals surface area contributed by atoms with Gasteiger partial charge in [-0.3, -0.25) is 0 Å². The zero-order chi connectivity index (χ0) is 3.41. The first-order valence-corrected chi connectivity index (χ1v) is 2.08. The Morgan fingerprint density at radius 1 is 2.00 bits per heavy atom. The molecule has 0 aromatic heterocycles. The molecule has 0 nitrogen and oxygen atoms in total. The van der Waals surface area contributed by atoms with E-state index >= 15 is 0 Å². The highest BCUT2D eigenvalue weighted by atomic mass is 35.5. The van der Waals surface area contributed by atoms with Crippen molar-refractivity contribution in [1.29, 1.82) is 0 Å². The number of hydrogen-bond acceptors (Lipinski definition) is 0. The Morgan fingerprint density at radius 3 is 2.25 bits per heavy atom. The number of alkyl halides is 1. The highest BCUT2D eigenvalue weighted by Gasteiger charge is 1.49. The molecule has 24 valence electrons. The molecule has 0 bridgehead atoms. The van der Waals surface area contributed by atoms with Crippen LogP contribution in [0.25, 0.3) is 0 Å². The van der Waals surface area contributed by atoms with E-state index in [1.54, 1.807) is 5.80 Å². The quantitative estimate of drug-likeness (QED) is 0.338. The largest absolute Gasteiger partial charge is 0.125 e. The van der Waals surface area contributed by atoms with Crippen molar-refractivity contribution >= 4 is 26.3 Å². The van der Waals surface area contributed by atoms with Crippen molar-refractivity contribution in [3.05, 3.63) is 0 Å². The smallest absolute Gasteiger partial charge is 0.0443 e. The molecule has 0 fully saturated rings. The van der Waals surface area contributed by atoms with Gasteiger partial charge in [0.1, 0.15) is 0 Å². The summed E-state index contributed by atoms with van der Waals surface area (Å²) < 4.78 is 0. The molecule has 0 saturated carbocycles. The molecule has 0 aliphatic carbocycles. The van der Waals surface area contributed by atoms with Gasteiger partial charge in [0.25, 0.3) is 0 Å². The van der Waals surface area contributed by atoms with Gasteiger partial charge in [-0.05, 0) is 5.80 Å². The van der Waals surface area contributed by atoms with Crippen molar-refractivity contribution in [3.8, 4) is 0 Å². The summed E-state index contributed by atoms with van der Waals surface area (Å²) in [7, 11) is 3.03. The molecule has 0 aliphatic heterocycles. The fourth-order valence-electron chi connectivity index (χ4n) is 0. The van der Waals surface area contributed by atoms with Gasteiger partial charge in [0.05, 0.1) is 0 Å². The first-order valence-electron chi connectivity index (χ1n) is 0.964. The van der Waals surface area contributed by atoms with Gasteiger partial charge in [0.15, 0.2) is 0 Å². The molecular weight excluding hydrogens is 90.4 g/mol. The molecule has 0 heterocycles. The Morgan fingerprint density at radius 2 is 2.25 bits per heavy atom. The third-order valence-corrected chi connectivity index (χ3v) is 0.694. The average Bonchev–Trinajstić information content (AvgIpc) is 1.37. The van der Waals surface area contributed by atoms with E-state index in [2.05, 4.69) is 8.86 Å². The predicted octanol–water partition coefficient (Wildman–Crippen LogP) is 1.17. The maximum atomic E-state index is 5.08. The summed E-state index contributed by atoms with van der Waals surface area (Å²) in [5, 5.41) is 0. The Hall–Kier alpha value is 0.460. The second kappa shape index (κ2) is 3.46. The van der Waals surface area contributed by atoms with Gasteiger partial charge in [0.2, 0.25) is 0 Å². The van der Waals surface area contributed by atoms with Gasteiger partial charge in [0, 0.05) is 5.88 Å². The van der Waals surface area contributed by atoms with Crippen molar-refractivity contribution in [2.75, 3.05) is 5.88 Å². The first-order chi connectivity index (χ1) is 1.91. The Bertz CT molecular complexity index is 20.0. The number of rotatable bonds is 1. The topological polar surface area (TPSA) is 0 Å². The summed E-state index contributed by atoms with van der Waals surface area (Å²) in [5.41, 5.74) is 0. The van der Waals surface area contributed by atoms with Crippen LogP contribution in [-0.2, 0) is 0 Å². The SMILES string of the molecule is P=CCCl. The standard InChI is InChI=1S/C2H4ClP/c3-1-2-4/h2,4H,1H2. The molecule has 0 aliphatic rings. The van der Waals surface area contributed by atoms with Crippen LogP contribution in [0.2, 0.25) is 0 Å². The van der Waals surface area contributed by atoms with Crippen molar-refractivity contribution in [3.63, 3.8) is 0 Å². The summed E-state index contributed by atoms with van der Waals surface area (Å²) in [6, 6.07) is 0. The first kappa shape index (κ1) is 4.46. The van der Waals surface area contributed by atoms with Crippen LogP contribution in [0.4, 0.5) is 0 Å². The molecule has 0 spiro atoms. The van der Waals surface area contributed by atoms with E-state index in [0.717, 1.165) is 0 Å². The van der Waals surface area contributed by atoms with Gasteiger partial charge in [-0.15, -0.1) is 20.5 Å². The molecule has 4 heavy (non-hydrogen) atoms. The van der Waals surface area contributed by atoms with E-state index in [1.165, 1.54) is 0 Å². The zero-order valence-corrected chi connectivity index (χ0v) is 3.92. The second-order valence-electron chi connectivity index (χ2n) is 0.358. The van der Waals surface area contributed by atoms with Gasteiger partial charge >= 0.3 is 0 Å². The van der Waals surface area contributed by atoms with Crippen LogP contribution in [0, 0.1) is 0 Å². The fraction of sp³-hybridized carbons (Fsp3) is 0.500. The predicted molar refractivity (Wildman–Crippen MR) is 25.1 cm³/mol. The minimum Gasteiger partial charge on any atom is -0.125 e. The maximum absolute atomic E-state index is 5.08. The monoisotopic (exact) mass is 94.0 g/mol. The molecule has 0 rings (SSSR count). The number of hydrogen-bond donors (Lipinski definition) is 0. The normalized spacial score (nSPS) is 6.25. The Balaban J connectivity index is 2.30. The molecule has 0 aromatic rings. The van der Waals surface area contributed by atoms with Crippen LogP contribution in [-0.4, -0.2) is 11.7 Å². The van der Waals surface area contributed by atoms with Gasteiger partial charge < -0.3 is 0 Å². The molecule has 0 saturated heterocycles. The molecule has 0 amide bonds.